The van der Waals surface area contributed by atoms with Crippen molar-refractivity contribution in [1.82, 2.24) is 5.32 Å². The van der Waals surface area contributed by atoms with E-state index in [1.807, 2.05) is 0 Å². The van der Waals surface area contributed by atoms with Gasteiger partial charge in [0.1, 0.15) is 5.75 Å². The standard InChI is InChI=1S/C16H18N2O3/c1-16(2,3)18-15(21)14(20)17-12-8-4-7-11-10(12)6-5-9-13(11)19/h4-9,19H,1-3H3,(H,17,20)(H,18,21). The number of amides is 2. The fourth-order valence-corrected chi connectivity index (χ4v) is 1.98. The predicted octanol–water partition coefficient (Wildman–Crippen LogP) is 2.40. The van der Waals surface area contributed by atoms with Crippen molar-refractivity contribution >= 4 is 28.3 Å². The number of carbonyl (C=O) groups excluding carboxylic acids is 2. The van der Waals surface area contributed by atoms with Gasteiger partial charge < -0.3 is 15.7 Å². The normalized spacial score (nSPS) is 11.2. The first-order valence-electron chi connectivity index (χ1n) is 6.62. The van der Waals surface area contributed by atoms with E-state index in [0.29, 0.717) is 16.5 Å². The molecule has 0 atom stereocenters. The number of benzene rings is 2. The van der Waals surface area contributed by atoms with Crippen molar-refractivity contribution < 1.29 is 14.7 Å². The highest BCUT2D eigenvalue weighted by atomic mass is 16.3. The third kappa shape index (κ3) is 3.51. The molecule has 2 aromatic rings. The molecule has 0 heterocycles. The summed E-state index contributed by atoms with van der Waals surface area (Å²) in [5.74, 6) is -1.30. The van der Waals surface area contributed by atoms with Gasteiger partial charge in [-0.25, -0.2) is 0 Å². The lowest BCUT2D eigenvalue weighted by atomic mass is 10.1. The average Bonchev–Trinajstić information content (AvgIpc) is 2.38. The van der Waals surface area contributed by atoms with Crippen molar-refractivity contribution in [2.75, 3.05) is 5.32 Å². The number of phenols is 1. The number of aromatic hydroxyl groups is 1. The summed E-state index contributed by atoms with van der Waals surface area (Å²) >= 11 is 0. The van der Waals surface area contributed by atoms with Crippen LogP contribution in [0.4, 0.5) is 5.69 Å². The minimum absolute atomic E-state index is 0.128. The van der Waals surface area contributed by atoms with Crippen LogP contribution in [-0.2, 0) is 9.59 Å². The molecule has 5 heteroatoms. The van der Waals surface area contributed by atoms with Crippen LogP contribution in [0.2, 0.25) is 0 Å². The van der Waals surface area contributed by atoms with Gasteiger partial charge in [-0.1, -0.05) is 24.3 Å². The smallest absolute Gasteiger partial charge is 0.313 e. The quantitative estimate of drug-likeness (QED) is 0.704. The summed E-state index contributed by atoms with van der Waals surface area (Å²) in [5.41, 5.74) is 0.00305. The maximum Gasteiger partial charge on any atom is 0.313 e. The number of hydrogen-bond donors (Lipinski definition) is 3. The predicted molar refractivity (Wildman–Crippen MR) is 82.1 cm³/mol. The molecule has 0 saturated carbocycles. The molecule has 0 radical (unpaired) electrons. The van der Waals surface area contributed by atoms with Crippen molar-refractivity contribution in [2.24, 2.45) is 0 Å². The number of carbonyl (C=O) groups is 2. The van der Waals surface area contributed by atoms with E-state index in [9.17, 15) is 14.7 Å². The molecule has 0 bridgehead atoms. The number of phenolic OH excluding ortho intramolecular Hbond substituents is 1. The molecule has 0 aliphatic rings. The second kappa shape index (κ2) is 5.44. The van der Waals surface area contributed by atoms with E-state index in [1.165, 1.54) is 0 Å². The zero-order valence-electron chi connectivity index (χ0n) is 12.2. The highest BCUT2D eigenvalue weighted by Crippen LogP contribution is 2.29. The lowest BCUT2D eigenvalue weighted by Gasteiger charge is -2.20. The van der Waals surface area contributed by atoms with Gasteiger partial charge in [0.05, 0.1) is 0 Å². The van der Waals surface area contributed by atoms with Gasteiger partial charge in [-0.15, -0.1) is 0 Å². The van der Waals surface area contributed by atoms with Crippen LogP contribution < -0.4 is 10.6 Å². The lowest BCUT2D eigenvalue weighted by Crippen LogP contribution is -2.46. The van der Waals surface area contributed by atoms with Gasteiger partial charge in [-0.3, -0.25) is 9.59 Å². The summed E-state index contributed by atoms with van der Waals surface area (Å²) in [6.07, 6.45) is 0. The molecular formula is C16H18N2O3. The van der Waals surface area contributed by atoms with Gasteiger partial charge in [0.25, 0.3) is 0 Å². The first-order valence-corrected chi connectivity index (χ1v) is 6.62. The Morgan fingerprint density at radius 3 is 2.24 bits per heavy atom. The zero-order valence-corrected chi connectivity index (χ0v) is 12.2. The van der Waals surface area contributed by atoms with Crippen LogP contribution >= 0.6 is 0 Å². The zero-order chi connectivity index (χ0) is 15.6. The molecule has 3 N–H and O–H groups in total. The molecule has 0 aromatic heterocycles. The van der Waals surface area contributed by atoms with Crippen molar-refractivity contribution in [2.45, 2.75) is 26.3 Å². The average molecular weight is 286 g/mol. The number of anilines is 1. The fourth-order valence-electron chi connectivity index (χ4n) is 1.98. The Morgan fingerprint density at radius 2 is 1.57 bits per heavy atom. The van der Waals surface area contributed by atoms with E-state index >= 15 is 0 Å². The second-order valence-electron chi connectivity index (χ2n) is 5.84. The third-order valence-corrected chi connectivity index (χ3v) is 2.84. The van der Waals surface area contributed by atoms with Gasteiger partial charge in [0.15, 0.2) is 0 Å². The number of hydrogen-bond acceptors (Lipinski definition) is 3. The SMILES string of the molecule is CC(C)(C)NC(=O)C(=O)Nc1cccc2c(O)cccc12. The first-order chi connectivity index (χ1) is 9.78. The maximum absolute atomic E-state index is 11.9. The van der Waals surface area contributed by atoms with E-state index in [4.69, 9.17) is 0 Å². The molecule has 2 aromatic carbocycles. The first kappa shape index (κ1) is 14.8. The minimum atomic E-state index is -0.735. The lowest BCUT2D eigenvalue weighted by molar-refractivity contribution is -0.137. The summed E-state index contributed by atoms with van der Waals surface area (Å²) in [6, 6.07) is 10.2. The second-order valence-corrected chi connectivity index (χ2v) is 5.84. The molecule has 0 fully saturated rings. The Labute approximate surface area is 123 Å². The molecule has 2 amide bonds. The van der Waals surface area contributed by atoms with Crippen LogP contribution in [0.1, 0.15) is 20.8 Å². The van der Waals surface area contributed by atoms with E-state index in [2.05, 4.69) is 10.6 Å². The van der Waals surface area contributed by atoms with Crippen LogP contribution in [-0.4, -0.2) is 22.5 Å². The topological polar surface area (TPSA) is 78.4 Å². The van der Waals surface area contributed by atoms with Crippen LogP contribution in [0.25, 0.3) is 10.8 Å². The molecule has 0 aliphatic heterocycles. The fraction of sp³-hybridized carbons (Fsp3) is 0.250. The molecule has 5 nitrogen and oxygen atoms in total. The number of nitrogens with one attached hydrogen (secondary N) is 2. The van der Waals surface area contributed by atoms with E-state index in [1.54, 1.807) is 57.2 Å². The largest absolute Gasteiger partial charge is 0.507 e. The third-order valence-electron chi connectivity index (χ3n) is 2.84. The Hall–Kier alpha value is -2.56. The van der Waals surface area contributed by atoms with Crippen LogP contribution in [0, 0.1) is 0 Å². The van der Waals surface area contributed by atoms with Gasteiger partial charge >= 0.3 is 11.8 Å². The van der Waals surface area contributed by atoms with Crippen molar-refractivity contribution in [3.63, 3.8) is 0 Å². The Kier molecular flexibility index (Phi) is 3.84. The van der Waals surface area contributed by atoms with Crippen molar-refractivity contribution in [1.29, 1.82) is 0 Å². The van der Waals surface area contributed by atoms with E-state index in [0.717, 1.165) is 0 Å². The van der Waals surface area contributed by atoms with Gasteiger partial charge in [-0.05, 0) is 32.9 Å². The monoisotopic (exact) mass is 286 g/mol. The Balaban J connectivity index is 2.26. The summed E-state index contributed by atoms with van der Waals surface area (Å²) in [7, 11) is 0. The summed E-state index contributed by atoms with van der Waals surface area (Å²) in [4.78, 5) is 23.7. The number of rotatable bonds is 1. The molecule has 0 saturated heterocycles. The van der Waals surface area contributed by atoms with Crippen LogP contribution in [0.15, 0.2) is 36.4 Å². The summed E-state index contributed by atoms with van der Waals surface area (Å²) in [5, 5.41) is 16.3. The molecule has 0 aliphatic carbocycles. The summed E-state index contributed by atoms with van der Waals surface area (Å²) in [6.45, 7) is 5.40. The van der Waals surface area contributed by atoms with Crippen molar-refractivity contribution in [3.8, 4) is 5.75 Å². The van der Waals surface area contributed by atoms with E-state index < -0.39 is 17.4 Å². The van der Waals surface area contributed by atoms with Gasteiger partial charge in [0.2, 0.25) is 0 Å². The minimum Gasteiger partial charge on any atom is -0.507 e. The molecule has 21 heavy (non-hydrogen) atoms. The Bertz CT molecular complexity index is 702. The van der Waals surface area contributed by atoms with Gasteiger partial charge in [-0.2, -0.15) is 0 Å². The Morgan fingerprint density at radius 1 is 0.952 bits per heavy atom. The number of fused-ring (bicyclic) bond motifs is 1. The molecular weight excluding hydrogens is 268 g/mol. The summed E-state index contributed by atoms with van der Waals surface area (Å²) < 4.78 is 0. The van der Waals surface area contributed by atoms with Gasteiger partial charge in [0, 0.05) is 22.0 Å². The molecule has 110 valence electrons. The highest BCUT2D eigenvalue weighted by molar-refractivity contribution is 6.40. The van der Waals surface area contributed by atoms with Crippen LogP contribution in [0.5, 0.6) is 5.75 Å². The highest BCUT2D eigenvalue weighted by Gasteiger charge is 2.20. The van der Waals surface area contributed by atoms with E-state index in [-0.39, 0.29) is 5.75 Å². The van der Waals surface area contributed by atoms with Crippen molar-refractivity contribution in [3.05, 3.63) is 36.4 Å². The molecule has 0 spiro atoms. The molecule has 0 unspecified atom stereocenters. The molecule has 2 rings (SSSR count). The van der Waals surface area contributed by atoms with Crippen LogP contribution in [0.3, 0.4) is 0 Å². The maximum atomic E-state index is 11.9.